The zero-order valence-corrected chi connectivity index (χ0v) is 30.1. The first-order valence-corrected chi connectivity index (χ1v) is 19.9. The summed E-state index contributed by atoms with van der Waals surface area (Å²) < 4.78 is 0. The second kappa shape index (κ2) is 34.6. The molecule has 5 N–H and O–H groups in total. The van der Waals surface area contributed by atoms with Gasteiger partial charge in [-0.1, -0.05) is 200 Å². The Morgan fingerprint density at radius 3 is 1.07 bits per heavy atom. The van der Waals surface area contributed by atoms with Gasteiger partial charge in [-0.15, -0.1) is 0 Å². The molecule has 0 rings (SSSR count). The second-order valence-electron chi connectivity index (χ2n) is 14.0. The van der Waals surface area contributed by atoms with Crippen LogP contribution in [0.4, 0.5) is 0 Å². The van der Waals surface area contributed by atoms with Crippen molar-refractivity contribution in [3.05, 3.63) is 0 Å². The lowest BCUT2D eigenvalue weighted by molar-refractivity contribution is -0.132. The number of carbonyl (C=O) groups is 1. The number of carbonyl (C=O) groups excluding carboxylic acids is 1. The summed E-state index contributed by atoms with van der Waals surface area (Å²) in [6, 6.07) is -0.975. The average Bonchev–Trinajstić information content (AvgIpc) is 3.04. The van der Waals surface area contributed by atoms with Gasteiger partial charge in [0.15, 0.2) is 0 Å². The molecule has 0 aromatic heterocycles. The van der Waals surface area contributed by atoms with Crippen LogP contribution < -0.4 is 5.32 Å². The van der Waals surface area contributed by atoms with Crippen LogP contribution in [0.1, 0.15) is 213 Å². The number of nitrogens with one attached hydrogen (secondary N) is 1. The maximum Gasteiger partial charge on any atom is 0.249 e. The van der Waals surface area contributed by atoms with Gasteiger partial charge in [-0.2, -0.15) is 0 Å². The summed E-state index contributed by atoms with van der Waals surface area (Å²) in [5.74, 6) is -0.585. The van der Waals surface area contributed by atoms with Crippen LogP contribution in [0.5, 0.6) is 0 Å². The van der Waals surface area contributed by atoms with E-state index in [0.29, 0.717) is 12.8 Å². The topological polar surface area (TPSA) is 110 Å². The highest BCUT2D eigenvalue weighted by molar-refractivity contribution is 5.80. The Labute approximate surface area is 279 Å². The third kappa shape index (κ3) is 29.2. The third-order valence-corrected chi connectivity index (χ3v) is 9.57. The summed E-state index contributed by atoms with van der Waals surface area (Å²) in [6.07, 6.45) is 34.6. The van der Waals surface area contributed by atoms with E-state index in [2.05, 4.69) is 19.2 Å². The van der Waals surface area contributed by atoms with Gasteiger partial charge in [-0.25, -0.2) is 0 Å². The highest BCUT2D eigenvalue weighted by Crippen LogP contribution is 2.17. The summed E-state index contributed by atoms with van der Waals surface area (Å²) in [5, 5.41) is 43.1. The minimum Gasteiger partial charge on any atom is -0.394 e. The van der Waals surface area contributed by atoms with Crippen LogP contribution in [0.15, 0.2) is 0 Å². The van der Waals surface area contributed by atoms with Crippen molar-refractivity contribution in [3.8, 4) is 0 Å². The first kappa shape index (κ1) is 44.3. The quantitative estimate of drug-likeness (QED) is 0.0438. The van der Waals surface area contributed by atoms with Gasteiger partial charge < -0.3 is 25.7 Å². The lowest BCUT2D eigenvalue weighted by atomic mass is 9.99. The Morgan fingerprint density at radius 1 is 0.467 bits per heavy atom. The van der Waals surface area contributed by atoms with Gasteiger partial charge in [0.1, 0.15) is 12.2 Å². The molecule has 0 aliphatic heterocycles. The molecule has 0 radical (unpaired) electrons. The Bertz CT molecular complexity index is 604. The highest BCUT2D eigenvalue weighted by atomic mass is 16.3. The minimum atomic E-state index is -1.25. The van der Waals surface area contributed by atoms with Gasteiger partial charge in [0.2, 0.25) is 5.91 Å². The van der Waals surface area contributed by atoms with Crippen LogP contribution >= 0.6 is 0 Å². The van der Waals surface area contributed by atoms with Crippen molar-refractivity contribution >= 4 is 5.91 Å². The van der Waals surface area contributed by atoms with Gasteiger partial charge in [0.25, 0.3) is 0 Å². The van der Waals surface area contributed by atoms with E-state index in [0.717, 1.165) is 38.5 Å². The van der Waals surface area contributed by atoms with Crippen molar-refractivity contribution in [1.82, 2.24) is 5.32 Å². The number of aliphatic hydroxyl groups excluding tert-OH is 4. The van der Waals surface area contributed by atoms with E-state index in [1.807, 2.05) is 0 Å². The van der Waals surface area contributed by atoms with E-state index >= 15 is 0 Å². The van der Waals surface area contributed by atoms with E-state index in [9.17, 15) is 25.2 Å². The van der Waals surface area contributed by atoms with Gasteiger partial charge in [-0.05, 0) is 12.8 Å². The van der Waals surface area contributed by atoms with Gasteiger partial charge in [-0.3, -0.25) is 4.79 Å². The summed E-state index contributed by atoms with van der Waals surface area (Å²) in [7, 11) is 0. The van der Waals surface area contributed by atoms with E-state index in [4.69, 9.17) is 0 Å². The molecule has 0 saturated carbocycles. The number of unbranched alkanes of at least 4 members (excludes halogenated alkanes) is 27. The summed E-state index contributed by atoms with van der Waals surface area (Å²) >= 11 is 0. The molecule has 270 valence electrons. The fraction of sp³-hybridized carbons (Fsp3) is 0.974. The molecule has 1 amide bonds. The normalized spacial score (nSPS) is 14.4. The highest BCUT2D eigenvalue weighted by Gasteiger charge is 2.28. The number of hydrogen-bond acceptors (Lipinski definition) is 5. The standard InChI is InChI=1S/C39H79NO5/c1-3-5-7-9-11-12-13-14-15-16-17-18-19-20-21-22-23-24-25-26-27-29-31-33-37(43)39(45)40-35(34-41)38(44)36(42)32-30-28-10-8-6-4-2/h35-38,41-44H,3-34H2,1-2H3,(H,40,45). The van der Waals surface area contributed by atoms with Crippen LogP contribution in [0.3, 0.4) is 0 Å². The molecule has 0 heterocycles. The first-order valence-electron chi connectivity index (χ1n) is 19.9. The fourth-order valence-corrected chi connectivity index (χ4v) is 6.34. The molecule has 0 saturated heterocycles. The average molecular weight is 642 g/mol. The molecule has 45 heavy (non-hydrogen) atoms. The molecule has 0 aliphatic carbocycles. The minimum absolute atomic E-state index is 0.375. The van der Waals surface area contributed by atoms with Crippen LogP contribution in [-0.2, 0) is 4.79 Å². The van der Waals surface area contributed by atoms with Crippen molar-refractivity contribution in [3.63, 3.8) is 0 Å². The van der Waals surface area contributed by atoms with Crippen molar-refractivity contribution in [2.24, 2.45) is 0 Å². The van der Waals surface area contributed by atoms with Crippen molar-refractivity contribution in [1.29, 1.82) is 0 Å². The lowest BCUT2D eigenvalue weighted by Crippen LogP contribution is -2.53. The summed E-state index contributed by atoms with van der Waals surface area (Å²) in [6.45, 7) is 3.98. The second-order valence-corrected chi connectivity index (χ2v) is 14.0. The number of aliphatic hydroxyl groups is 4. The Kier molecular flexibility index (Phi) is 34.1. The van der Waals surface area contributed by atoms with E-state index < -0.39 is 36.9 Å². The van der Waals surface area contributed by atoms with Crippen molar-refractivity contribution in [2.45, 2.75) is 237 Å². The maximum atomic E-state index is 12.4. The molecule has 6 nitrogen and oxygen atoms in total. The lowest BCUT2D eigenvalue weighted by Gasteiger charge is -2.27. The largest absolute Gasteiger partial charge is 0.394 e. The molecule has 0 bridgehead atoms. The van der Waals surface area contributed by atoms with E-state index in [1.54, 1.807) is 0 Å². The van der Waals surface area contributed by atoms with Crippen molar-refractivity contribution in [2.75, 3.05) is 6.61 Å². The zero-order valence-electron chi connectivity index (χ0n) is 30.1. The predicted octanol–water partition coefficient (Wildman–Crippen LogP) is 9.68. The Morgan fingerprint density at radius 2 is 0.756 bits per heavy atom. The molecule has 4 atom stereocenters. The van der Waals surface area contributed by atoms with Crippen LogP contribution in [0.2, 0.25) is 0 Å². The molecule has 0 aromatic rings. The van der Waals surface area contributed by atoms with Crippen LogP contribution in [-0.4, -0.2) is 57.3 Å². The monoisotopic (exact) mass is 642 g/mol. The van der Waals surface area contributed by atoms with Crippen LogP contribution in [0.25, 0.3) is 0 Å². The number of rotatable bonds is 36. The molecule has 0 fully saturated rings. The Hall–Kier alpha value is -0.690. The molecular weight excluding hydrogens is 562 g/mol. The smallest absolute Gasteiger partial charge is 0.249 e. The van der Waals surface area contributed by atoms with Gasteiger partial charge >= 0.3 is 0 Å². The fourth-order valence-electron chi connectivity index (χ4n) is 6.34. The number of amides is 1. The molecule has 0 aromatic carbocycles. The van der Waals surface area contributed by atoms with Gasteiger partial charge in [0.05, 0.1) is 18.8 Å². The zero-order chi connectivity index (χ0) is 33.2. The SMILES string of the molecule is CCCCCCCCCCCCCCCCCCCCCCCCCC(O)C(=O)NC(CO)C(O)C(O)CCCCCCCC. The van der Waals surface area contributed by atoms with Gasteiger partial charge in [0, 0.05) is 0 Å². The third-order valence-electron chi connectivity index (χ3n) is 9.57. The molecule has 6 heteroatoms. The number of hydrogen-bond donors (Lipinski definition) is 5. The molecule has 0 spiro atoms. The molecule has 0 aliphatic rings. The summed E-state index contributed by atoms with van der Waals surface area (Å²) in [5.41, 5.74) is 0. The first-order chi connectivity index (χ1) is 22.0. The maximum absolute atomic E-state index is 12.4. The Balaban J connectivity index is 3.58. The van der Waals surface area contributed by atoms with Crippen LogP contribution in [0, 0.1) is 0 Å². The molecule has 4 unspecified atom stereocenters. The predicted molar refractivity (Wildman–Crippen MR) is 192 cm³/mol. The molecular formula is C39H79NO5. The van der Waals surface area contributed by atoms with E-state index in [1.165, 1.54) is 148 Å². The summed E-state index contributed by atoms with van der Waals surface area (Å²) in [4.78, 5) is 12.4. The van der Waals surface area contributed by atoms with Crippen molar-refractivity contribution < 1.29 is 25.2 Å². The van der Waals surface area contributed by atoms with E-state index in [-0.39, 0.29) is 0 Å².